The van der Waals surface area contributed by atoms with Crippen LogP contribution in [-0.2, 0) is 11.2 Å². The Kier molecular flexibility index (Phi) is 3.75. The molecule has 1 atom stereocenters. The van der Waals surface area contributed by atoms with Crippen LogP contribution in [0.2, 0.25) is 0 Å². The summed E-state index contributed by atoms with van der Waals surface area (Å²) in [4.78, 5) is 0. The lowest BCUT2D eigenvalue weighted by Crippen LogP contribution is -2.36. The van der Waals surface area contributed by atoms with Gasteiger partial charge in [-0.2, -0.15) is 0 Å². The van der Waals surface area contributed by atoms with Gasteiger partial charge in [-0.1, -0.05) is 6.07 Å². The zero-order chi connectivity index (χ0) is 13.1. The number of nitrogens with zero attached hydrogens (tertiary/aromatic N) is 3. The maximum atomic E-state index is 5.27. The van der Waals surface area contributed by atoms with Gasteiger partial charge in [0, 0.05) is 32.3 Å². The van der Waals surface area contributed by atoms with E-state index >= 15 is 0 Å². The Morgan fingerprint density at radius 2 is 2.32 bits per heavy atom. The molecule has 102 valence electrons. The molecule has 5 nitrogen and oxygen atoms in total. The van der Waals surface area contributed by atoms with Gasteiger partial charge in [0.05, 0.1) is 6.61 Å². The van der Waals surface area contributed by atoms with Crippen LogP contribution in [0.3, 0.4) is 0 Å². The highest BCUT2D eigenvalue weighted by molar-refractivity contribution is 5.36. The Morgan fingerprint density at radius 1 is 1.42 bits per heavy atom. The van der Waals surface area contributed by atoms with Crippen molar-refractivity contribution in [1.82, 2.24) is 19.9 Å². The number of nitrogens with one attached hydrogen (secondary N) is 1. The van der Waals surface area contributed by atoms with E-state index in [1.807, 2.05) is 28.8 Å². The number of methoxy groups -OCH3 is 1. The fourth-order valence-corrected chi connectivity index (χ4v) is 2.47. The summed E-state index contributed by atoms with van der Waals surface area (Å²) in [6.07, 6.45) is 5.56. The normalized spacial score (nSPS) is 16.9. The van der Waals surface area contributed by atoms with Gasteiger partial charge in [-0.15, -0.1) is 10.2 Å². The van der Waals surface area contributed by atoms with Crippen LogP contribution in [0, 0.1) is 5.92 Å². The van der Waals surface area contributed by atoms with Crippen LogP contribution < -0.4 is 5.32 Å². The van der Waals surface area contributed by atoms with Crippen molar-refractivity contribution in [2.75, 3.05) is 20.3 Å². The zero-order valence-electron chi connectivity index (χ0n) is 11.2. The van der Waals surface area contributed by atoms with Gasteiger partial charge in [0.1, 0.15) is 5.82 Å². The third kappa shape index (κ3) is 2.93. The van der Waals surface area contributed by atoms with Crippen molar-refractivity contribution in [3.63, 3.8) is 0 Å². The number of pyridine rings is 1. The van der Waals surface area contributed by atoms with Gasteiger partial charge in [-0.05, 0) is 30.9 Å². The number of ether oxygens (including phenoxy) is 1. The zero-order valence-corrected chi connectivity index (χ0v) is 11.2. The van der Waals surface area contributed by atoms with Crippen molar-refractivity contribution in [2.24, 2.45) is 5.92 Å². The summed E-state index contributed by atoms with van der Waals surface area (Å²) >= 11 is 0. The number of fused-ring (bicyclic) bond motifs is 1. The Balaban J connectivity index is 1.56. The van der Waals surface area contributed by atoms with Crippen LogP contribution >= 0.6 is 0 Å². The predicted octanol–water partition coefficient (Wildman–Crippen LogP) is 1.29. The van der Waals surface area contributed by atoms with E-state index in [-0.39, 0.29) is 0 Å². The second-order valence-corrected chi connectivity index (χ2v) is 5.15. The van der Waals surface area contributed by atoms with Crippen molar-refractivity contribution >= 4 is 5.65 Å². The van der Waals surface area contributed by atoms with Crippen LogP contribution in [-0.4, -0.2) is 40.9 Å². The van der Waals surface area contributed by atoms with Gasteiger partial charge in [-0.3, -0.25) is 4.40 Å². The Hall–Kier alpha value is -1.46. The van der Waals surface area contributed by atoms with Crippen LogP contribution in [0.5, 0.6) is 0 Å². The van der Waals surface area contributed by atoms with Crippen molar-refractivity contribution in [3.8, 4) is 0 Å². The summed E-state index contributed by atoms with van der Waals surface area (Å²) in [6.45, 7) is 1.71. The van der Waals surface area contributed by atoms with Crippen LogP contribution in [0.4, 0.5) is 0 Å². The molecule has 19 heavy (non-hydrogen) atoms. The van der Waals surface area contributed by atoms with Gasteiger partial charge in [0.2, 0.25) is 0 Å². The summed E-state index contributed by atoms with van der Waals surface area (Å²) in [5, 5.41) is 12.0. The minimum absolute atomic E-state index is 0.490. The molecule has 3 rings (SSSR count). The van der Waals surface area contributed by atoms with E-state index in [2.05, 4.69) is 15.5 Å². The molecule has 0 saturated heterocycles. The third-order valence-corrected chi connectivity index (χ3v) is 3.68. The fraction of sp³-hybridized carbons (Fsp3) is 0.571. The van der Waals surface area contributed by atoms with Gasteiger partial charge in [0.15, 0.2) is 5.65 Å². The van der Waals surface area contributed by atoms with Gasteiger partial charge < -0.3 is 10.1 Å². The highest BCUT2D eigenvalue weighted by Gasteiger charge is 2.30. The first-order chi connectivity index (χ1) is 9.38. The molecule has 0 spiro atoms. The third-order valence-electron chi connectivity index (χ3n) is 3.68. The molecule has 0 aromatic carbocycles. The average Bonchev–Trinajstić information content (AvgIpc) is 3.20. The lowest BCUT2D eigenvalue weighted by atomic mass is 10.2. The van der Waals surface area contributed by atoms with E-state index in [1.54, 1.807) is 7.11 Å². The molecule has 0 amide bonds. The first kappa shape index (κ1) is 12.6. The summed E-state index contributed by atoms with van der Waals surface area (Å²) in [5.74, 6) is 1.81. The summed E-state index contributed by atoms with van der Waals surface area (Å²) in [5.41, 5.74) is 0.910. The molecule has 1 N–H and O–H groups in total. The van der Waals surface area contributed by atoms with Crippen molar-refractivity contribution in [2.45, 2.75) is 25.3 Å². The monoisotopic (exact) mass is 260 g/mol. The summed E-state index contributed by atoms with van der Waals surface area (Å²) < 4.78 is 7.31. The van der Waals surface area contributed by atoms with Gasteiger partial charge >= 0.3 is 0 Å². The van der Waals surface area contributed by atoms with Crippen molar-refractivity contribution in [1.29, 1.82) is 0 Å². The molecule has 0 aliphatic heterocycles. The Labute approximate surface area is 113 Å². The predicted molar refractivity (Wildman–Crippen MR) is 73.1 cm³/mol. The molecule has 1 unspecified atom stereocenters. The molecule has 5 heteroatoms. The molecular weight excluding hydrogens is 240 g/mol. The summed E-state index contributed by atoms with van der Waals surface area (Å²) in [6, 6.07) is 6.45. The van der Waals surface area contributed by atoms with Crippen LogP contribution in [0.25, 0.3) is 5.65 Å². The summed E-state index contributed by atoms with van der Waals surface area (Å²) in [7, 11) is 1.77. The SMILES string of the molecule is COCC(NCCc1nnc2ccccn12)C1CC1. The second-order valence-electron chi connectivity index (χ2n) is 5.15. The highest BCUT2D eigenvalue weighted by atomic mass is 16.5. The average molecular weight is 260 g/mol. The molecule has 1 fully saturated rings. The molecule has 1 aliphatic carbocycles. The smallest absolute Gasteiger partial charge is 0.160 e. The molecule has 2 heterocycles. The Bertz CT molecular complexity index is 535. The topological polar surface area (TPSA) is 51.5 Å². The molecule has 1 saturated carbocycles. The van der Waals surface area contributed by atoms with E-state index in [4.69, 9.17) is 4.74 Å². The molecule has 2 aromatic rings. The molecular formula is C14H20N4O. The van der Waals surface area contributed by atoms with Gasteiger partial charge in [0.25, 0.3) is 0 Å². The maximum Gasteiger partial charge on any atom is 0.160 e. The van der Waals surface area contributed by atoms with E-state index in [0.717, 1.165) is 37.0 Å². The standard InChI is InChI=1S/C14H20N4O/c1-19-10-12(11-5-6-11)15-8-7-14-17-16-13-4-2-3-9-18(13)14/h2-4,9,11-12,15H,5-8,10H2,1H3. The highest BCUT2D eigenvalue weighted by Crippen LogP contribution is 2.32. The molecule has 0 bridgehead atoms. The lowest BCUT2D eigenvalue weighted by Gasteiger charge is -2.16. The number of hydrogen-bond donors (Lipinski definition) is 1. The fourth-order valence-electron chi connectivity index (χ4n) is 2.47. The minimum Gasteiger partial charge on any atom is -0.383 e. The van der Waals surface area contributed by atoms with E-state index in [9.17, 15) is 0 Å². The molecule has 2 aromatic heterocycles. The number of aromatic nitrogens is 3. The van der Waals surface area contributed by atoms with E-state index in [1.165, 1.54) is 12.8 Å². The minimum atomic E-state index is 0.490. The number of rotatable bonds is 7. The van der Waals surface area contributed by atoms with Crippen molar-refractivity contribution < 1.29 is 4.74 Å². The number of hydrogen-bond acceptors (Lipinski definition) is 4. The Morgan fingerprint density at radius 3 is 3.11 bits per heavy atom. The largest absolute Gasteiger partial charge is 0.383 e. The van der Waals surface area contributed by atoms with Crippen molar-refractivity contribution in [3.05, 3.63) is 30.2 Å². The van der Waals surface area contributed by atoms with Crippen LogP contribution in [0.15, 0.2) is 24.4 Å². The van der Waals surface area contributed by atoms with Crippen LogP contribution in [0.1, 0.15) is 18.7 Å². The quantitative estimate of drug-likeness (QED) is 0.815. The first-order valence-electron chi connectivity index (χ1n) is 6.89. The van der Waals surface area contributed by atoms with Gasteiger partial charge in [-0.25, -0.2) is 0 Å². The molecule has 1 aliphatic rings. The molecule has 0 radical (unpaired) electrons. The first-order valence-corrected chi connectivity index (χ1v) is 6.89. The second kappa shape index (κ2) is 5.67. The lowest BCUT2D eigenvalue weighted by molar-refractivity contribution is 0.158. The van der Waals surface area contributed by atoms with E-state index < -0.39 is 0 Å². The maximum absolute atomic E-state index is 5.27. The van der Waals surface area contributed by atoms with E-state index in [0.29, 0.717) is 6.04 Å².